The summed E-state index contributed by atoms with van der Waals surface area (Å²) in [5.41, 5.74) is 1.90. The van der Waals surface area contributed by atoms with Crippen molar-refractivity contribution < 1.29 is 13.9 Å². The van der Waals surface area contributed by atoms with Gasteiger partial charge in [0.2, 0.25) is 0 Å². The van der Waals surface area contributed by atoms with Gasteiger partial charge in [0.1, 0.15) is 0 Å². The van der Waals surface area contributed by atoms with Gasteiger partial charge in [0.05, 0.1) is 18.5 Å². The molecular weight excluding hydrogens is 304 g/mol. The summed E-state index contributed by atoms with van der Waals surface area (Å²) >= 11 is 5.84. The second-order valence-corrected chi connectivity index (χ2v) is 5.11. The number of nitrogens with zero attached hydrogens (tertiary/aromatic N) is 2. The molecule has 1 aromatic carbocycles. The summed E-state index contributed by atoms with van der Waals surface area (Å²) in [6.07, 6.45) is 1.51. The first kappa shape index (κ1) is 14.4. The number of rotatable bonds is 4. The highest BCUT2D eigenvalue weighted by Gasteiger charge is 2.17. The summed E-state index contributed by atoms with van der Waals surface area (Å²) in [6.45, 7) is 2.23. The van der Waals surface area contributed by atoms with Crippen LogP contribution in [-0.4, -0.2) is 15.8 Å². The molecule has 112 valence electrons. The largest absolute Gasteiger partial charge is 0.479 e. The van der Waals surface area contributed by atoms with E-state index in [1.165, 1.54) is 6.26 Å². The molecule has 2 aromatic heterocycles. The fraction of sp³-hybridized carbons (Fsp3) is 0.125. The minimum Gasteiger partial charge on any atom is -0.479 e. The number of aromatic hydroxyl groups is 1. The van der Waals surface area contributed by atoms with Crippen molar-refractivity contribution >= 4 is 17.3 Å². The van der Waals surface area contributed by atoms with Crippen LogP contribution in [0.25, 0.3) is 11.7 Å². The van der Waals surface area contributed by atoms with E-state index in [4.69, 9.17) is 20.4 Å². The Hall–Kier alpha value is -2.53. The number of halogens is 1. The molecule has 0 saturated heterocycles. The molecule has 0 bridgehead atoms. The topological polar surface area (TPSA) is 71.8 Å². The van der Waals surface area contributed by atoms with Gasteiger partial charge in [0.25, 0.3) is 5.89 Å². The van der Waals surface area contributed by atoms with Crippen LogP contribution in [0.15, 0.2) is 56.5 Å². The summed E-state index contributed by atoms with van der Waals surface area (Å²) in [5.74, 6) is 0.398. The van der Waals surface area contributed by atoms with Crippen LogP contribution in [0.5, 0.6) is 5.95 Å². The lowest BCUT2D eigenvalue weighted by atomic mass is 10.2. The zero-order valence-electron chi connectivity index (χ0n) is 11.8. The predicted molar refractivity (Wildman–Crippen MR) is 83.2 cm³/mol. The third-order valence-electron chi connectivity index (χ3n) is 3.10. The maximum atomic E-state index is 9.87. The van der Waals surface area contributed by atoms with Gasteiger partial charge in [0.15, 0.2) is 11.5 Å². The van der Waals surface area contributed by atoms with Gasteiger partial charge in [-0.25, -0.2) is 4.98 Å². The van der Waals surface area contributed by atoms with Crippen LogP contribution in [0, 0.1) is 0 Å². The Bertz CT molecular complexity index is 789. The zero-order chi connectivity index (χ0) is 15.5. The van der Waals surface area contributed by atoms with E-state index in [0.717, 1.165) is 5.56 Å². The van der Waals surface area contributed by atoms with E-state index in [0.29, 0.717) is 28.7 Å². The van der Waals surface area contributed by atoms with Crippen LogP contribution < -0.4 is 0 Å². The second kappa shape index (κ2) is 6.07. The van der Waals surface area contributed by atoms with Crippen molar-refractivity contribution in [2.75, 3.05) is 0 Å². The van der Waals surface area contributed by atoms with Gasteiger partial charge in [-0.05, 0) is 36.8 Å². The van der Waals surface area contributed by atoms with Gasteiger partial charge < -0.3 is 13.9 Å². The number of aliphatic imine (C=N–C) groups is 1. The standard InChI is InChI=1S/C16H13ClN2O3/c1-10(18-9-11-4-6-12(17)7-5-11)14-16(20)22-15(19-14)13-3-2-8-21-13/h2-8,20H,9H2,1H3. The molecule has 0 fully saturated rings. The Labute approximate surface area is 131 Å². The molecule has 3 aromatic rings. The normalized spacial score (nSPS) is 11.8. The van der Waals surface area contributed by atoms with Crippen molar-refractivity contribution in [3.63, 3.8) is 0 Å². The fourth-order valence-electron chi connectivity index (χ4n) is 1.93. The molecule has 6 heteroatoms. The Morgan fingerprint density at radius 2 is 2.05 bits per heavy atom. The van der Waals surface area contributed by atoms with Crippen molar-refractivity contribution in [3.8, 4) is 17.6 Å². The first-order valence-electron chi connectivity index (χ1n) is 6.63. The number of hydrogen-bond acceptors (Lipinski definition) is 5. The second-order valence-electron chi connectivity index (χ2n) is 4.68. The summed E-state index contributed by atoms with van der Waals surface area (Å²) in [7, 11) is 0. The predicted octanol–water partition coefficient (Wildman–Crippen LogP) is 4.30. The molecule has 0 aliphatic heterocycles. The molecular formula is C16H13ClN2O3. The summed E-state index contributed by atoms with van der Waals surface area (Å²) in [4.78, 5) is 8.63. The minimum absolute atomic E-state index is 0.221. The van der Waals surface area contributed by atoms with Crippen LogP contribution >= 0.6 is 11.6 Å². The number of oxazole rings is 1. The van der Waals surface area contributed by atoms with Gasteiger partial charge in [-0.15, -0.1) is 0 Å². The van der Waals surface area contributed by atoms with Gasteiger partial charge in [-0.2, -0.15) is 0 Å². The van der Waals surface area contributed by atoms with Crippen molar-refractivity contribution in [1.29, 1.82) is 0 Å². The van der Waals surface area contributed by atoms with E-state index >= 15 is 0 Å². The first-order valence-corrected chi connectivity index (χ1v) is 7.01. The van der Waals surface area contributed by atoms with Crippen LogP contribution in [0.4, 0.5) is 0 Å². The Morgan fingerprint density at radius 1 is 1.27 bits per heavy atom. The summed E-state index contributed by atoms with van der Waals surface area (Å²) < 4.78 is 10.4. The molecule has 22 heavy (non-hydrogen) atoms. The average molecular weight is 317 g/mol. The SMILES string of the molecule is CC(=NCc1ccc(Cl)cc1)c1nc(-c2ccco2)oc1O. The number of aromatic nitrogens is 1. The quantitative estimate of drug-likeness (QED) is 0.728. The Kier molecular flexibility index (Phi) is 3.98. The van der Waals surface area contributed by atoms with Gasteiger partial charge in [0, 0.05) is 5.02 Å². The average Bonchev–Trinajstić information content (AvgIpc) is 3.15. The monoisotopic (exact) mass is 316 g/mol. The van der Waals surface area contributed by atoms with Gasteiger partial charge >= 0.3 is 5.95 Å². The van der Waals surface area contributed by atoms with E-state index in [1.807, 2.05) is 24.3 Å². The van der Waals surface area contributed by atoms with Gasteiger partial charge in [-0.1, -0.05) is 23.7 Å². The Balaban J connectivity index is 1.81. The minimum atomic E-state index is -0.274. The van der Waals surface area contributed by atoms with E-state index in [1.54, 1.807) is 19.1 Å². The molecule has 0 saturated carbocycles. The van der Waals surface area contributed by atoms with Crippen molar-refractivity contribution in [2.24, 2.45) is 4.99 Å². The molecule has 0 atom stereocenters. The van der Waals surface area contributed by atoms with Crippen molar-refractivity contribution in [3.05, 3.63) is 58.9 Å². The number of hydrogen-bond donors (Lipinski definition) is 1. The van der Waals surface area contributed by atoms with Gasteiger partial charge in [-0.3, -0.25) is 4.99 Å². The van der Waals surface area contributed by atoms with Crippen LogP contribution in [-0.2, 0) is 6.54 Å². The lowest BCUT2D eigenvalue weighted by Crippen LogP contribution is -1.97. The van der Waals surface area contributed by atoms with Crippen LogP contribution in [0.3, 0.4) is 0 Å². The van der Waals surface area contributed by atoms with Crippen LogP contribution in [0.1, 0.15) is 18.2 Å². The number of benzene rings is 1. The summed E-state index contributed by atoms with van der Waals surface area (Å²) in [6, 6.07) is 10.8. The van der Waals surface area contributed by atoms with E-state index in [-0.39, 0.29) is 11.8 Å². The smallest absolute Gasteiger partial charge is 0.312 e. The lowest BCUT2D eigenvalue weighted by Gasteiger charge is -1.99. The zero-order valence-corrected chi connectivity index (χ0v) is 12.5. The lowest BCUT2D eigenvalue weighted by molar-refractivity contribution is 0.333. The molecule has 1 N–H and O–H groups in total. The van der Waals surface area contributed by atoms with Crippen molar-refractivity contribution in [2.45, 2.75) is 13.5 Å². The third-order valence-corrected chi connectivity index (χ3v) is 3.35. The molecule has 0 unspecified atom stereocenters. The highest BCUT2D eigenvalue weighted by atomic mass is 35.5. The molecule has 0 radical (unpaired) electrons. The molecule has 0 aliphatic carbocycles. The third kappa shape index (κ3) is 3.04. The van der Waals surface area contributed by atoms with E-state index in [2.05, 4.69) is 9.98 Å². The Morgan fingerprint density at radius 3 is 2.73 bits per heavy atom. The summed E-state index contributed by atoms with van der Waals surface area (Å²) in [5, 5.41) is 10.5. The van der Waals surface area contributed by atoms with Crippen molar-refractivity contribution in [1.82, 2.24) is 4.98 Å². The first-order chi connectivity index (χ1) is 10.6. The highest BCUT2D eigenvalue weighted by molar-refractivity contribution is 6.30. The molecule has 2 heterocycles. The van der Waals surface area contributed by atoms with E-state index in [9.17, 15) is 5.11 Å². The van der Waals surface area contributed by atoms with E-state index < -0.39 is 0 Å². The van der Waals surface area contributed by atoms with Crippen LogP contribution in [0.2, 0.25) is 5.02 Å². The highest BCUT2D eigenvalue weighted by Crippen LogP contribution is 2.27. The molecule has 0 spiro atoms. The number of furan rings is 1. The fourth-order valence-corrected chi connectivity index (χ4v) is 2.05. The maximum absolute atomic E-state index is 9.87. The molecule has 0 aliphatic rings. The molecule has 3 rings (SSSR count). The molecule has 0 amide bonds. The maximum Gasteiger partial charge on any atom is 0.312 e. The molecule has 5 nitrogen and oxygen atoms in total.